The van der Waals surface area contributed by atoms with Gasteiger partial charge in [0.15, 0.2) is 0 Å². The molecule has 2 aromatic heterocycles. The third-order valence-electron chi connectivity index (χ3n) is 2.42. The summed E-state index contributed by atoms with van der Waals surface area (Å²) in [5.41, 5.74) is 2.28. The van der Waals surface area contributed by atoms with Gasteiger partial charge >= 0.3 is 5.97 Å². The van der Waals surface area contributed by atoms with E-state index in [9.17, 15) is 4.79 Å². The SMILES string of the molecule is COC(=O)c1cc2ncc(C#N)cc2n1C. The second kappa shape index (κ2) is 3.66. The van der Waals surface area contributed by atoms with E-state index in [1.165, 1.54) is 13.3 Å². The van der Waals surface area contributed by atoms with Crippen molar-refractivity contribution < 1.29 is 9.53 Å². The van der Waals surface area contributed by atoms with Crippen molar-refractivity contribution >= 4 is 17.0 Å². The first-order valence-electron chi connectivity index (χ1n) is 4.61. The predicted molar refractivity (Wildman–Crippen MR) is 56.8 cm³/mol. The molecule has 0 amide bonds. The van der Waals surface area contributed by atoms with E-state index < -0.39 is 5.97 Å². The normalized spacial score (nSPS) is 10.1. The number of hydrogen-bond acceptors (Lipinski definition) is 4. The van der Waals surface area contributed by atoms with E-state index in [2.05, 4.69) is 9.72 Å². The molecule has 0 spiro atoms. The van der Waals surface area contributed by atoms with E-state index in [0.717, 1.165) is 5.52 Å². The summed E-state index contributed by atoms with van der Waals surface area (Å²) in [6, 6.07) is 5.34. The number of carbonyl (C=O) groups excluding carboxylic acids is 1. The van der Waals surface area contributed by atoms with Crippen molar-refractivity contribution in [2.45, 2.75) is 0 Å². The van der Waals surface area contributed by atoms with Gasteiger partial charge in [-0.1, -0.05) is 0 Å². The molecule has 2 aromatic rings. The van der Waals surface area contributed by atoms with Crippen molar-refractivity contribution in [3.63, 3.8) is 0 Å². The Morgan fingerprint density at radius 3 is 2.94 bits per heavy atom. The topological polar surface area (TPSA) is 67.9 Å². The van der Waals surface area contributed by atoms with Crippen LogP contribution in [-0.2, 0) is 11.8 Å². The minimum Gasteiger partial charge on any atom is -0.464 e. The molecule has 0 aliphatic carbocycles. The maximum Gasteiger partial charge on any atom is 0.354 e. The molecule has 0 aliphatic rings. The van der Waals surface area contributed by atoms with Gasteiger partial charge in [0.1, 0.15) is 11.8 Å². The van der Waals surface area contributed by atoms with Crippen molar-refractivity contribution in [1.29, 1.82) is 5.26 Å². The van der Waals surface area contributed by atoms with Crippen LogP contribution in [0.4, 0.5) is 0 Å². The van der Waals surface area contributed by atoms with Crippen molar-refractivity contribution in [3.8, 4) is 6.07 Å². The second-order valence-corrected chi connectivity index (χ2v) is 3.32. The number of aromatic nitrogens is 2. The molecule has 0 aliphatic heterocycles. The van der Waals surface area contributed by atoms with Crippen LogP contribution in [0, 0.1) is 11.3 Å². The zero-order chi connectivity index (χ0) is 11.7. The van der Waals surface area contributed by atoms with Gasteiger partial charge in [0.25, 0.3) is 0 Å². The summed E-state index contributed by atoms with van der Waals surface area (Å²) in [5.74, 6) is -0.418. The van der Waals surface area contributed by atoms with Gasteiger partial charge in [-0.25, -0.2) is 4.79 Å². The number of methoxy groups -OCH3 is 1. The lowest BCUT2D eigenvalue weighted by molar-refractivity contribution is 0.0590. The first-order chi connectivity index (χ1) is 7.67. The number of aryl methyl sites for hydroxylation is 1. The molecule has 0 N–H and O–H groups in total. The Kier molecular flexibility index (Phi) is 2.33. The average Bonchev–Trinajstić information content (AvgIpc) is 2.65. The molecule has 2 heterocycles. The molecule has 0 bridgehead atoms. The Balaban J connectivity index is 2.70. The Morgan fingerprint density at radius 1 is 1.56 bits per heavy atom. The molecule has 16 heavy (non-hydrogen) atoms. The summed E-state index contributed by atoms with van der Waals surface area (Å²) >= 11 is 0. The van der Waals surface area contributed by atoms with E-state index in [0.29, 0.717) is 16.8 Å². The molecular formula is C11H9N3O2. The van der Waals surface area contributed by atoms with Crippen LogP contribution in [0.2, 0.25) is 0 Å². The van der Waals surface area contributed by atoms with Gasteiger partial charge < -0.3 is 9.30 Å². The lowest BCUT2D eigenvalue weighted by Crippen LogP contribution is -2.06. The lowest BCUT2D eigenvalue weighted by atomic mass is 10.3. The third kappa shape index (κ3) is 1.41. The third-order valence-corrected chi connectivity index (χ3v) is 2.42. The number of rotatable bonds is 1. The summed E-state index contributed by atoms with van der Waals surface area (Å²) in [6.45, 7) is 0. The van der Waals surface area contributed by atoms with E-state index >= 15 is 0 Å². The molecule has 0 atom stereocenters. The summed E-state index contributed by atoms with van der Waals surface area (Å²) in [7, 11) is 3.06. The zero-order valence-corrected chi connectivity index (χ0v) is 8.89. The minimum atomic E-state index is -0.418. The van der Waals surface area contributed by atoms with Crippen LogP contribution in [0.5, 0.6) is 0 Å². The lowest BCUT2D eigenvalue weighted by Gasteiger charge is -2.01. The number of hydrogen-bond donors (Lipinski definition) is 0. The number of fused-ring (bicyclic) bond motifs is 1. The monoisotopic (exact) mass is 215 g/mol. The standard InChI is InChI=1S/C11H9N3O2/c1-14-9-3-7(5-12)6-13-8(9)4-10(14)11(15)16-2/h3-4,6H,1-2H3. The molecule has 0 saturated carbocycles. The second-order valence-electron chi connectivity index (χ2n) is 3.32. The highest BCUT2D eigenvalue weighted by molar-refractivity contribution is 5.94. The highest BCUT2D eigenvalue weighted by Gasteiger charge is 2.14. The van der Waals surface area contributed by atoms with Gasteiger partial charge in [-0.15, -0.1) is 0 Å². The average molecular weight is 215 g/mol. The van der Waals surface area contributed by atoms with E-state index in [-0.39, 0.29) is 0 Å². The largest absolute Gasteiger partial charge is 0.464 e. The molecule has 5 heteroatoms. The first kappa shape index (κ1) is 10.2. The van der Waals surface area contributed by atoms with Crippen LogP contribution < -0.4 is 0 Å². The van der Waals surface area contributed by atoms with E-state index in [1.807, 2.05) is 6.07 Å². The maximum absolute atomic E-state index is 11.4. The van der Waals surface area contributed by atoms with E-state index in [1.54, 1.807) is 23.7 Å². The van der Waals surface area contributed by atoms with Gasteiger partial charge in [0.05, 0.1) is 23.7 Å². The Hall–Kier alpha value is -2.35. The van der Waals surface area contributed by atoms with Gasteiger partial charge in [-0.2, -0.15) is 5.26 Å². The Bertz CT molecular complexity index is 607. The number of esters is 1. The van der Waals surface area contributed by atoms with Crippen LogP contribution in [0.1, 0.15) is 16.1 Å². The fourth-order valence-corrected chi connectivity index (χ4v) is 1.56. The molecular weight excluding hydrogens is 206 g/mol. The number of nitrogens with zero attached hydrogens (tertiary/aromatic N) is 3. The zero-order valence-electron chi connectivity index (χ0n) is 8.89. The van der Waals surface area contributed by atoms with Crippen LogP contribution in [-0.4, -0.2) is 22.6 Å². The van der Waals surface area contributed by atoms with Crippen LogP contribution in [0.25, 0.3) is 11.0 Å². The first-order valence-corrected chi connectivity index (χ1v) is 4.61. The van der Waals surface area contributed by atoms with Gasteiger partial charge in [-0.3, -0.25) is 4.98 Å². The highest BCUT2D eigenvalue weighted by Crippen LogP contribution is 2.18. The molecule has 0 fully saturated rings. The fourth-order valence-electron chi connectivity index (χ4n) is 1.56. The van der Waals surface area contributed by atoms with Crippen molar-refractivity contribution in [3.05, 3.63) is 29.6 Å². The number of nitriles is 1. The fraction of sp³-hybridized carbons (Fsp3) is 0.182. The van der Waals surface area contributed by atoms with Crippen molar-refractivity contribution in [2.24, 2.45) is 7.05 Å². The van der Waals surface area contributed by atoms with Gasteiger partial charge in [0.2, 0.25) is 0 Å². The Morgan fingerprint density at radius 2 is 2.31 bits per heavy atom. The molecule has 0 radical (unpaired) electrons. The molecule has 0 unspecified atom stereocenters. The van der Waals surface area contributed by atoms with Crippen LogP contribution in [0.3, 0.4) is 0 Å². The quantitative estimate of drug-likeness (QED) is 0.671. The van der Waals surface area contributed by atoms with Crippen molar-refractivity contribution in [2.75, 3.05) is 7.11 Å². The number of ether oxygens (including phenoxy) is 1. The predicted octanol–water partition coefficient (Wildman–Crippen LogP) is 1.23. The Labute approximate surface area is 91.9 Å². The summed E-state index contributed by atoms with van der Waals surface area (Å²) in [4.78, 5) is 15.5. The molecule has 2 rings (SSSR count). The maximum atomic E-state index is 11.4. The van der Waals surface area contributed by atoms with Gasteiger partial charge in [0, 0.05) is 13.2 Å². The summed E-state index contributed by atoms with van der Waals surface area (Å²) < 4.78 is 6.31. The van der Waals surface area contributed by atoms with Crippen LogP contribution in [0.15, 0.2) is 18.3 Å². The van der Waals surface area contributed by atoms with Crippen molar-refractivity contribution in [1.82, 2.24) is 9.55 Å². The molecule has 0 saturated heterocycles. The summed E-state index contributed by atoms with van der Waals surface area (Å²) in [5, 5.41) is 8.76. The van der Waals surface area contributed by atoms with E-state index in [4.69, 9.17) is 5.26 Å². The molecule has 80 valence electrons. The molecule has 5 nitrogen and oxygen atoms in total. The minimum absolute atomic E-state index is 0.417. The highest BCUT2D eigenvalue weighted by atomic mass is 16.5. The smallest absolute Gasteiger partial charge is 0.354 e. The number of carbonyl (C=O) groups is 1. The van der Waals surface area contributed by atoms with Gasteiger partial charge in [-0.05, 0) is 12.1 Å². The van der Waals surface area contributed by atoms with Crippen LogP contribution >= 0.6 is 0 Å². The molecule has 0 aromatic carbocycles. The summed E-state index contributed by atoms with van der Waals surface area (Å²) in [6.07, 6.45) is 1.48. The number of pyridine rings is 1.